The zero-order valence-electron chi connectivity index (χ0n) is 16.0. The van der Waals surface area contributed by atoms with E-state index in [0.29, 0.717) is 42.8 Å². The van der Waals surface area contributed by atoms with Crippen LogP contribution >= 0.6 is 11.8 Å². The Morgan fingerprint density at radius 3 is 2.43 bits per heavy atom. The van der Waals surface area contributed by atoms with Crippen LogP contribution in [0.25, 0.3) is 0 Å². The van der Waals surface area contributed by atoms with Gasteiger partial charge in [0.25, 0.3) is 5.69 Å². The number of nitro groups is 1. The van der Waals surface area contributed by atoms with Gasteiger partial charge in [-0.3, -0.25) is 10.1 Å². The normalized spacial score (nSPS) is 17.3. The van der Waals surface area contributed by atoms with Crippen molar-refractivity contribution in [2.24, 2.45) is 0 Å². The first-order chi connectivity index (χ1) is 14.4. The fourth-order valence-corrected chi connectivity index (χ4v) is 5.52. The van der Waals surface area contributed by atoms with Gasteiger partial charge in [0, 0.05) is 30.5 Å². The van der Waals surface area contributed by atoms with Gasteiger partial charge in [0.15, 0.2) is 11.5 Å². The van der Waals surface area contributed by atoms with E-state index in [4.69, 9.17) is 14.2 Å². The molecule has 160 valence electrons. The maximum atomic E-state index is 12.8. The van der Waals surface area contributed by atoms with Gasteiger partial charge in [-0.25, -0.2) is 8.42 Å². The number of fused-ring (bicyclic) bond motifs is 1. The minimum atomic E-state index is -3.82. The lowest BCUT2D eigenvalue weighted by molar-refractivity contribution is -0.388. The van der Waals surface area contributed by atoms with Crippen molar-refractivity contribution >= 4 is 27.5 Å². The maximum absolute atomic E-state index is 12.8. The highest BCUT2D eigenvalue weighted by Gasteiger charge is 2.29. The smallest absolute Gasteiger partial charge is 0.284 e. The molecule has 0 bridgehead atoms. The van der Waals surface area contributed by atoms with Gasteiger partial charge < -0.3 is 14.2 Å². The first-order valence-corrected chi connectivity index (χ1v) is 11.6. The van der Waals surface area contributed by atoms with E-state index in [0.717, 1.165) is 17.4 Å². The molecule has 0 amide bonds. The van der Waals surface area contributed by atoms with Gasteiger partial charge in [0.2, 0.25) is 10.0 Å². The standard InChI is InChI=1S/C19H20N2O7S2/c22-21(23)16-13-15(30(24,25)20-6-10-26-11-7-20)3-5-19(16)29-14-2-4-17-18(12-14)28-9-1-8-27-17/h2-5,12-13H,1,6-11H2. The van der Waals surface area contributed by atoms with Gasteiger partial charge in [0.1, 0.15) is 0 Å². The van der Waals surface area contributed by atoms with Crippen LogP contribution in [0.2, 0.25) is 0 Å². The molecule has 30 heavy (non-hydrogen) atoms. The van der Waals surface area contributed by atoms with Crippen molar-refractivity contribution in [1.29, 1.82) is 0 Å². The minimum Gasteiger partial charge on any atom is -0.490 e. The van der Waals surface area contributed by atoms with Crippen LogP contribution < -0.4 is 9.47 Å². The number of hydrogen-bond acceptors (Lipinski definition) is 8. The molecule has 11 heteroatoms. The summed E-state index contributed by atoms with van der Waals surface area (Å²) >= 11 is 1.17. The third-order valence-corrected chi connectivity index (χ3v) is 7.63. The highest BCUT2D eigenvalue weighted by Crippen LogP contribution is 2.40. The molecule has 2 aromatic carbocycles. The lowest BCUT2D eigenvalue weighted by Gasteiger charge is -2.26. The summed E-state index contributed by atoms with van der Waals surface area (Å²) in [5.74, 6) is 1.23. The monoisotopic (exact) mass is 452 g/mol. The molecule has 1 fully saturated rings. The summed E-state index contributed by atoms with van der Waals surface area (Å²) in [5, 5.41) is 11.7. The summed E-state index contributed by atoms with van der Waals surface area (Å²) in [6.07, 6.45) is 0.779. The number of benzene rings is 2. The molecule has 1 saturated heterocycles. The number of ether oxygens (including phenoxy) is 3. The zero-order chi connectivity index (χ0) is 21.1. The molecular weight excluding hydrogens is 432 g/mol. The molecule has 2 aliphatic heterocycles. The Hall–Kier alpha value is -2.34. The summed E-state index contributed by atoms with van der Waals surface area (Å²) in [5.41, 5.74) is -0.263. The van der Waals surface area contributed by atoms with Crippen molar-refractivity contribution in [2.45, 2.75) is 21.1 Å². The molecule has 0 N–H and O–H groups in total. The molecule has 9 nitrogen and oxygen atoms in total. The summed E-state index contributed by atoms with van der Waals surface area (Å²) in [4.78, 5) is 12.1. The molecule has 2 heterocycles. The van der Waals surface area contributed by atoms with Crippen LogP contribution in [0.3, 0.4) is 0 Å². The van der Waals surface area contributed by atoms with Crippen molar-refractivity contribution in [1.82, 2.24) is 4.31 Å². The molecule has 4 rings (SSSR count). The maximum Gasteiger partial charge on any atom is 0.284 e. The fraction of sp³-hybridized carbons (Fsp3) is 0.368. The van der Waals surface area contributed by atoms with E-state index in [1.807, 2.05) is 0 Å². The molecule has 2 aromatic rings. The minimum absolute atomic E-state index is 0.0980. The molecule has 0 radical (unpaired) electrons. The van der Waals surface area contributed by atoms with Crippen molar-refractivity contribution in [3.8, 4) is 11.5 Å². The average molecular weight is 453 g/mol. The predicted octanol–water partition coefficient (Wildman–Crippen LogP) is 2.93. The van der Waals surface area contributed by atoms with Crippen molar-refractivity contribution in [3.05, 3.63) is 46.5 Å². The SMILES string of the molecule is O=[N+]([O-])c1cc(S(=O)(=O)N2CCOCC2)ccc1Sc1ccc2c(c1)OCCCO2. The van der Waals surface area contributed by atoms with Gasteiger partial charge in [-0.2, -0.15) is 4.31 Å². The van der Waals surface area contributed by atoms with E-state index in [1.54, 1.807) is 18.2 Å². The predicted molar refractivity (Wildman–Crippen MR) is 109 cm³/mol. The highest BCUT2D eigenvalue weighted by molar-refractivity contribution is 7.99. The Balaban J connectivity index is 1.63. The number of nitrogens with zero attached hydrogens (tertiary/aromatic N) is 2. The first-order valence-electron chi connectivity index (χ1n) is 9.39. The first kappa shape index (κ1) is 20.9. The third-order valence-electron chi connectivity index (χ3n) is 4.68. The van der Waals surface area contributed by atoms with Gasteiger partial charge >= 0.3 is 0 Å². The van der Waals surface area contributed by atoms with Crippen molar-refractivity contribution in [3.63, 3.8) is 0 Å². The van der Waals surface area contributed by atoms with Crippen molar-refractivity contribution < 1.29 is 27.6 Å². The lowest BCUT2D eigenvalue weighted by atomic mass is 10.3. The Morgan fingerprint density at radius 1 is 0.967 bits per heavy atom. The molecule has 2 aliphatic rings. The van der Waals surface area contributed by atoms with Crippen LogP contribution in [0, 0.1) is 10.1 Å². The van der Waals surface area contributed by atoms with E-state index in [-0.39, 0.29) is 23.7 Å². The summed E-state index contributed by atoms with van der Waals surface area (Å²) < 4.78 is 43.4. The average Bonchev–Trinajstić information content (AvgIpc) is 2.99. The van der Waals surface area contributed by atoms with Crippen LogP contribution in [0.5, 0.6) is 11.5 Å². The van der Waals surface area contributed by atoms with E-state index in [2.05, 4.69) is 0 Å². The largest absolute Gasteiger partial charge is 0.490 e. The second kappa shape index (κ2) is 8.80. The van der Waals surface area contributed by atoms with Crippen molar-refractivity contribution in [2.75, 3.05) is 39.5 Å². The Kier molecular flexibility index (Phi) is 6.14. The zero-order valence-corrected chi connectivity index (χ0v) is 17.6. The second-order valence-electron chi connectivity index (χ2n) is 6.66. The number of sulfonamides is 1. The van der Waals surface area contributed by atoms with Crippen LogP contribution in [0.4, 0.5) is 5.69 Å². The van der Waals surface area contributed by atoms with E-state index < -0.39 is 14.9 Å². The Labute approximate surface area is 178 Å². The number of morpholine rings is 1. The van der Waals surface area contributed by atoms with Gasteiger partial charge in [-0.15, -0.1) is 0 Å². The molecule has 0 unspecified atom stereocenters. The number of rotatable bonds is 5. The van der Waals surface area contributed by atoms with Crippen LogP contribution in [0.15, 0.2) is 51.1 Å². The summed E-state index contributed by atoms with van der Waals surface area (Å²) in [7, 11) is -3.82. The molecule has 0 spiro atoms. The van der Waals surface area contributed by atoms with Crippen LogP contribution in [0.1, 0.15) is 6.42 Å². The van der Waals surface area contributed by atoms with Gasteiger partial charge in [-0.05, 0) is 30.3 Å². The van der Waals surface area contributed by atoms with E-state index in [1.165, 1.54) is 28.2 Å². The summed E-state index contributed by atoms with van der Waals surface area (Å²) in [6, 6.07) is 9.33. The molecule has 0 aliphatic carbocycles. The molecule has 0 saturated carbocycles. The van der Waals surface area contributed by atoms with Crippen LogP contribution in [-0.4, -0.2) is 57.2 Å². The van der Waals surface area contributed by atoms with E-state index >= 15 is 0 Å². The van der Waals surface area contributed by atoms with E-state index in [9.17, 15) is 18.5 Å². The molecular formula is C19H20N2O7S2. The van der Waals surface area contributed by atoms with Gasteiger partial charge in [0.05, 0.1) is 41.1 Å². The summed E-state index contributed by atoms with van der Waals surface area (Å²) in [6.45, 7) is 2.17. The Morgan fingerprint density at radius 2 is 1.70 bits per heavy atom. The van der Waals surface area contributed by atoms with Crippen LogP contribution in [-0.2, 0) is 14.8 Å². The Bertz CT molecular complexity index is 1050. The van der Waals surface area contributed by atoms with Gasteiger partial charge in [-0.1, -0.05) is 11.8 Å². The highest BCUT2D eigenvalue weighted by atomic mass is 32.2. The fourth-order valence-electron chi connectivity index (χ4n) is 3.16. The topological polar surface area (TPSA) is 108 Å². The number of nitro benzene ring substituents is 1. The number of hydrogen-bond donors (Lipinski definition) is 0. The molecule has 0 aromatic heterocycles. The lowest BCUT2D eigenvalue weighted by Crippen LogP contribution is -2.40. The molecule has 0 atom stereocenters. The second-order valence-corrected chi connectivity index (χ2v) is 9.72. The quantitative estimate of drug-likeness (QED) is 0.503. The third kappa shape index (κ3) is 4.38.